The quantitative estimate of drug-likeness (QED) is 0.669. The van der Waals surface area contributed by atoms with E-state index in [0.717, 1.165) is 5.56 Å². The molecule has 1 rings (SSSR count). The van der Waals surface area contributed by atoms with Gasteiger partial charge in [0.1, 0.15) is 11.4 Å². The number of carbonyl (C=O) groups is 2. The summed E-state index contributed by atoms with van der Waals surface area (Å²) in [5.41, 5.74) is 5.44. The third kappa shape index (κ3) is 6.45. The minimum absolute atomic E-state index is 0.298. The van der Waals surface area contributed by atoms with Crippen LogP contribution in [0.5, 0.6) is 5.75 Å². The zero-order valence-electron chi connectivity index (χ0n) is 11.4. The summed E-state index contributed by atoms with van der Waals surface area (Å²) in [7, 11) is 0. The van der Waals surface area contributed by atoms with Gasteiger partial charge in [0.15, 0.2) is 0 Å². The van der Waals surface area contributed by atoms with E-state index in [0.29, 0.717) is 18.6 Å². The van der Waals surface area contributed by atoms with Gasteiger partial charge >= 0.3 is 6.16 Å². The topological polar surface area (TPSA) is 78.6 Å². The number of aryl methyl sites for hydroxylation is 1. The fraction of sp³-hybridized carbons (Fsp3) is 0.429. The van der Waals surface area contributed by atoms with E-state index in [-0.39, 0.29) is 5.91 Å². The van der Waals surface area contributed by atoms with Crippen molar-refractivity contribution in [1.82, 2.24) is 0 Å². The van der Waals surface area contributed by atoms with E-state index in [9.17, 15) is 9.59 Å². The molecule has 0 atom stereocenters. The van der Waals surface area contributed by atoms with E-state index in [1.165, 1.54) is 0 Å². The second-order valence-corrected chi connectivity index (χ2v) is 5.18. The van der Waals surface area contributed by atoms with Crippen LogP contribution < -0.4 is 10.5 Å². The normalized spacial score (nSPS) is 10.9. The van der Waals surface area contributed by atoms with Crippen LogP contribution in [0.3, 0.4) is 0 Å². The minimum atomic E-state index is -0.739. The van der Waals surface area contributed by atoms with Gasteiger partial charge in [-0.05, 0) is 44.9 Å². The van der Waals surface area contributed by atoms with Crippen LogP contribution in [0.25, 0.3) is 0 Å². The molecule has 0 aromatic heterocycles. The lowest BCUT2D eigenvalue weighted by Gasteiger charge is -2.18. The minimum Gasteiger partial charge on any atom is -0.428 e. The predicted molar refractivity (Wildman–Crippen MR) is 70.8 cm³/mol. The Labute approximate surface area is 112 Å². The first kappa shape index (κ1) is 15.0. The number of amides is 1. The lowest BCUT2D eigenvalue weighted by Crippen LogP contribution is -2.25. The molecule has 1 aromatic carbocycles. The van der Waals surface area contributed by atoms with E-state index < -0.39 is 11.8 Å². The van der Waals surface area contributed by atoms with Crippen molar-refractivity contribution in [3.63, 3.8) is 0 Å². The van der Waals surface area contributed by atoms with Gasteiger partial charge < -0.3 is 15.2 Å². The average molecular weight is 265 g/mol. The van der Waals surface area contributed by atoms with E-state index in [2.05, 4.69) is 0 Å². The van der Waals surface area contributed by atoms with Crippen molar-refractivity contribution in [3.8, 4) is 5.75 Å². The number of primary amides is 1. The molecule has 19 heavy (non-hydrogen) atoms. The zero-order valence-corrected chi connectivity index (χ0v) is 11.4. The Hall–Kier alpha value is -2.04. The molecule has 0 aliphatic rings. The number of hydrogen-bond donors (Lipinski definition) is 1. The van der Waals surface area contributed by atoms with Crippen LogP contribution >= 0.6 is 0 Å². The predicted octanol–water partition coefficient (Wildman–Crippen LogP) is 2.42. The van der Waals surface area contributed by atoms with Gasteiger partial charge in [-0.15, -0.1) is 0 Å². The highest BCUT2D eigenvalue weighted by atomic mass is 16.7. The van der Waals surface area contributed by atoms with Gasteiger partial charge in [-0.25, -0.2) is 4.79 Å². The summed E-state index contributed by atoms with van der Waals surface area (Å²) in [5, 5.41) is 0. The summed E-state index contributed by atoms with van der Waals surface area (Å²) in [6.07, 6.45) is 0.131. The molecule has 0 saturated carbocycles. The van der Waals surface area contributed by atoms with Gasteiger partial charge in [0.05, 0.1) is 0 Å². The van der Waals surface area contributed by atoms with Crippen molar-refractivity contribution < 1.29 is 19.1 Å². The highest BCUT2D eigenvalue weighted by Crippen LogP contribution is 2.16. The molecule has 104 valence electrons. The lowest BCUT2D eigenvalue weighted by atomic mass is 10.1. The third-order valence-corrected chi connectivity index (χ3v) is 2.17. The zero-order chi connectivity index (χ0) is 14.5. The SMILES string of the molecule is CC(C)(C)OC(=O)Oc1ccc(CCC(N)=O)cc1. The number of hydrogen-bond acceptors (Lipinski definition) is 4. The van der Waals surface area contributed by atoms with Crippen LogP contribution in [0, 0.1) is 0 Å². The molecule has 0 aliphatic carbocycles. The summed E-state index contributed by atoms with van der Waals surface area (Å²) < 4.78 is 10.0. The molecular formula is C14H19NO4. The molecule has 0 heterocycles. The van der Waals surface area contributed by atoms with E-state index in [1.807, 2.05) is 0 Å². The number of rotatable bonds is 4. The van der Waals surface area contributed by atoms with Crippen molar-refractivity contribution in [3.05, 3.63) is 29.8 Å². The second-order valence-electron chi connectivity index (χ2n) is 5.18. The van der Waals surface area contributed by atoms with Gasteiger partial charge in [0.2, 0.25) is 5.91 Å². The molecule has 1 amide bonds. The first-order chi connectivity index (χ1) is 8.76. The highest BCUT2D eigenvalue weighted by molar-refractivity contribution is 5.74. The molecule has 0 unspecified atom stereocenters. The van der Waals surface area contributed by atoms with E-state index >= 15 is 0 Å². The Morgan fingerprint density at radius 2 is 1.74 bits per heavy atom. The number of nitrogens with two attached hydrogens (primary N) is 1. The van der Waals surface area contributed by atoms with Crippen LogP contribution in [0.15, 0.2) is 24.3 Å². The highest BCUT2D eigenvalue weighted by Gasteiger charge is 2.17. The number of ether oxygens (including phenoxy) is 2. The summed E-state index contributed by atoms with van der Waals surface area (Å²) >= 11 is 0. The van der Waals surface area contributed by atoms with Crippen LogP contribution in [0.2, 0.25) is 0 Å². The van der Waals surface area contributed by atoms with Crippen LogP contribution in [-0.2, 0) is 16.0 Å². The summed E-state index contributed by atoms with van der Waals surface area (Å²) in [5.74, 6) is 0.0613. The van der Waals surface area contributed by atoms with Crippen molar-refractivity contribution >= 4 is 12.1 Å². The Bertz CT molecular complexity index is 446. The molecule has 1 aromatic rings. The Balaban J connectivity index is 2.52. The van der Waals surface area contributed by atoms with E-state index in [4.69, 9.17) is 15.2 Å². The maximum Gasteiger partial charge on any atom is 0.514 e. The number of benzene rings is 1. The van der Waals surface area contributed by atoms with Crippen LogP contribution in [-0.4, -0.2) is 17.7 Å². The molecule has 5 heteroatoms. The lowest BCUT2D eigenvalue weighted by molar-refractivity contribution is -0.117. The van der Waals surface area contributed by atoms with Crippen molar-refractivity contribution in [2.75, 3.05) is 0 Å². The Kier molecular flexibility index (Phi) is 4.92. The molecule has 2 N–H and O–H groups in total. The van der Waals surface area contributed by atoms with Gasteiger partial charge in [0, 0.05) is 6.42 Å². The smallest absolute Gasteiger partial charge is 0.428 e. The maximum atomic E-state index is 11.4. The maximum absolute atomic E-state index is 11.4. The summed E-state index contributed by atoms with van der Waals surface area (Å²) in [6.45, 7) is 5.30. The van der Waals surface area contributed by atoms with Crippen molar-refractivity contribution in [2.24, 2.45) is 5.73 Å². The van der Waals surface area contributed by atoms with Crippen LogP contribution in [0.4, 0.5) is 4.79 Å². The van der Waals surface area contributed by atoms with Crippen molar-refractivity contribution in [1.29, 1.82) is 0 Å². The first-order valence-electron chi connectivity index (χ1n) is 6.04. The molecule has 0 bridgehead atoms. The fourth-order valence-electron chi connectivity index (χ4n) is 1.36. The van der Waals surface area contributed by atoms with Gasteiger partial charge in [-0.2, -0.15) is 0 Å². The molecular weight excluding hydrogens is 246 g/mol. The van der Waals surface area contributed by atoms with Gasteiger partial charge in [-0.3, -0.25) is 4.79 Å². The molecule has 0 radical (unpaired) electrons. The fourth-order valence-corrected chi connectivity index (χ4v) is 1.36. The molecule has 0 spiro atoms. The summed E-state index contributed by atoms with van der Waals surface area (Å²) in [4.78, 5) is 22.1. The molecule has 0 aliphatic heterocycles. The standard InChI is InChI=1S/C14H19NO4/c1-14(2,3)19-13(17)18-11-7-4-10(5-8-11)6-9-12(15)16/h4-5,7-8H,6,9H2,1-3H3,(H2,15,16). The van der Waals surface area contributed by atoms with Gasteiger partial charge in [-0.1, -0.05) is 12.1 Å². The first-order valence-corrected chi connectivity index (χ1v) is 6.04. The Morgan fingerprint density at radius 3 is 2.21 bits per heavy atom. The number of carbonyl (C=O) groups excluding carboxylic acids is 2. The Morgan fingerprint density at radius 1 is 1.16 bits per heavy atom. The largest absolute Gasteiger partial charge is 0.514 e. The summed E-state index contributed by atoms with van der Waals surface area (Å²) in [6, 6.07) is 6.87. The average Bonchev–Trinajstić information content (AvgIpc) is 2.25. The third-order valence-electron chi connectivity index (χ3n) is 2.17. The monoisotopic (exact) mass is 265 g/mol. The van der Waals surface area contributed by atoms with E-state index in [1.54, 1.807) is 45.0 Å². The van der Waals surface area contributed by atoms with Crippen LogP contribution in [0.1, 0.15) is 32.8 Å². The second kappa shape index (κ2) is 6.22. The molecule has 5 nitrogen and oxygen atoms in total. The van der Waals surface area contributed by atoms with Gasteiger partial charge in [0.25, 0.3) is 0 Å². The molecule has 0 saturated heterocycles. The van der Waals surface area contributed by atoms with Crippen molar-refractivity contribution in [2.45, 2.75) is 39.2 Å². The molecule has 0 fully saturated rings.